The van der Waals surface area contributed by atoms with Crippen molar-refractivity contribution < 1.29 is 4.39 Å². The number of hydrogen-bond donors (Lipinski definition) is 1. The molecule has 1 N–H and O–H groups in total. The summed E-state index contributed by atoms with van der Waals surface area (Å²) >= 11 is 1.78. The van der Waals surface area contributed by atoms with Gasteiger partial charge in [-0.25, -0.2) is 4.39 Å². The monoisotopic (exact) mass is 227 g/mol. The smallest absolute Gasteiger partial charge is 0.123 e. The minimum Gasteiger partial charge on any atom is -0.313 e. The number of rotatable bonds is 5. The summed E-state index contributed by atoms with van der Waals surface area (Å²) in [4.78, 5) is 1.17. The molecule has 1 nitrogen and oxygen atoms in total. The fourth-order valence-electron chi connectivity index (χ4n) is 1.31. The Morgan fingerprint density at radius 3 is 2.73 bits per heavy atom. The first-order chi connectivity index (χ1) is 7.13. The minimum absolute atomic E-state index is 0.156. The van der Waals surface area contributed by atoms with Gasteiger partial charge in [0, 0.05) is 16.7 Å². The summed E-state index contributed by atoms with van der Waals surface area (Å²) in [5.74, 6) is -0.156. The summed E-state index contributed by atoms with van der Waals surface area (Å²) in [5.41, 5.74) is 1.05. The fraction of sp³-hybridized carbons (Fsp3) is 0.500. The second kappa shape index (κ2) is 6.13. The molecule has 0 fully saturated rings. The number of thioether (sulfide) groups is 1. The van der Waals surface area contributed by atoms with Gasteiger partial charge in [-0.3, -0.25) is 0 Å². The number of nitrogens with one attached hydrogen (secondary N) is 1. The molecule has 0 atom stereocenters. The van der Waals surface area contributed by atoms with Crippen LogP contribution in [0, 0.1) is 5.82 Å². The van der Waals surface area contributed by atoms with Crippen LogP contribution in [0.1, 0.15) is 26.3 Å². The molecule has 0 saturated heterocycles. The lowest BCUT2D eigenvalue weighted by atomic mass is 10.2. The van der Waals surface area contributed by atoms with E-state index < -0.39 is 0 Å². The predicted molar refractivity (Wildman–Crippen MR) is 64.8 cm³/mol. The van der Waals surface area contributed by atoms with Gasteiger partial charge in [0.1, 0.15) is 5.82 Å². The summed E-state index contributed by atoms with van der Waals surface area (Å²) < 4.78 is 13.1. The molecule has 15 heavy (non-hydrogen) atoms. The standard InChI is InChI=1S/C12H18FNS/c1-4-14-8-10-7-11(13)5-6-12(10)15-9(2)3/h5-7,9,14H,4,8H2,1-3H3. The molecule has 0 aliphatic carbocycles. The molecule has 0 aromatic heterocycles. The van der Waals surface area contributed by atoms with Crippen LogP contribution < -0.4 is 5.32 Å². The van der Waals surface area contributed by atoms with Gasteiger partial charge >= 0.3 is 0 Å². The first kappa shape index (κ1) is 12.5. The summed E-state index contributed by atoms with van der Waals surface area (Å²) in [7, 11) is 0. The molecule has 84 valence electrons. The van der Waals surface area contributed by atoms with Crippen molar-refractivity contribution in [1.29, 1.82) is 0 Å². The van der Waals surface area contributed by atoms with E-state index in [9.17, 15) is 4.39 Å². The maximum atomic E-state index is 13.1. The molecule has 0 saturated carbocycles. The Morgan fingerprint density at radius 2 is 2.13 bits per heavy atom. The van der Waals surface area contributed by atoms with Crippen molar-refractivity contribution in [1.82, 2.24) is 5.32 Å². The third-order valence-corrected chi connectivity index (χ3v) is 3.07. The minimum atomic E-state index is -0.156. The van der Waals surface area contributed by atoms with Crippen LogP contribution in [0.15, 0.2) is 23.1 Å². The highest BCUT2D eigenvalue weighted by Gasteiger charge is 2.06. The molecule has 3 heteroatoms. The molecule has 0 aliphatic heterocycles. The lowest BCUT2D eigenvalue weighted by Crippen LogP contribution is -2.12. The number of halogens is 1. The third kappa shape index (κ3) is 4.22. The first-order valence-corrected chi connectivity index (χ1v) is 6.17. The Balaban J connectivity index is 2.82. The quantitative estimate of drug-likeness (QED) is 0.773. The van der Waals surface area contributed by atoms with Gasteiger partial charge in [0.25, 0.3) is 0 Å². The zero-order valence-corrected chi connectivity index (χ0v) is 10.3. The molecule has 0 radical (unpaired) electrons. The van der Waals surface area contributed by atoms with Gasteiger partial charge in [0.15, 0.2) is 0 Å². The fourth-order valence-corrected chi connectivity index (χ4v) is 2.25. The van der Waals surface area contributed by atoms with Crippen LogP contribution in [0.4, 0.5) is 4.39 Å². The normalized spacial score (nSPS) is 11.0. The van der Waals surface area contributed by atoms with Crippen LogP contribution in [-0.4, -0.2) is 11.8 Å². The van der Waals surface area contributed by atoms with Crippen LogP contribution in [0.3, 0.4) is 0 Å². The van der Waals surface area contributed by atoms with E-state index in [1.54, 1.807) is 17.8 Å². The van der Waals surface area contributed by atoms with Crippen LogP contribution >= 0.6 is 11.8 Å². The van der Waals surface area contributed by atoms with Crippen molar-refractivity contribution in [3.63, 3.8) is 0 Å². The average Bonchev–Trinajstić information content (AvgIpc) is 2.18. The van der Waals surface area contributed by atoms with Gasteiger partial charge in [0.05, 0.1) is 0 Å². The highest BCUT2D eigenvalue weighted by Crippen LogP contribution is 2.27. The van der Waals surface area contributed by atoms with Crippen molar-refractivity contribution in [3.05, 3.63) is 29.6 Å². The Kier molecular flexibility index (Phi) is 5.12. The highest BCUT2D eigenvalue weighted by molar-refractivity contribution is 8.00. The molecule has 0 aliphatic rings. The summed E-state index contributed by atoms with van der Waals surface area (Å²) in [6.45, 7) is 7.98. The Morgan fingerprint density at radius 1 is 1.40 bits per heavy atom. The highest BCUT2D eigenvalue weighted by atomic mass is 32.2. The van der Waals surface area contributed by atoms with Gasteiger partial charge in [0.2, 0.25) is 0 Å². The molecular formula is C12H18FNS. The van der Waals surface area contributed by atoms with Gasteiger partial charge in [-0.2, -0.15) is 0 Å². The van der Waals surface area contributed by atoms with Crippen molar-refractivity contribution in [2.45, 2.75) is 37.5 Å². The van der Waals surface area contributed by atoms with Crippen molar-refractivity contribution in [2.24, 2.45) is 0 Å². The summed E-state index contributed by atoms with van der Waals surface area (Å²) in [5, 5.41) is 3.75. The van der Waals surface area contributed by atoms with E-state index in [0.717, 1.165) is 18.7 Å². The number of benzene rings is 1. The molecule has 1 aromatic carbocycles. The Labute approximate surface area is 95.5 Å². The lowest BCUT2D eigenvalue weighted by molar-refractivity contribution is 0.619. The molecule has 1 rings (SSSR count). The lowest BCUT2D eigenvalue weighted by Gasteiger charge is -2.11. The first-order valence-electron chi connectivity index (χ1n) is 5.29. The molecule has 0 heterocycles. The zero-order valence-electron chi connectivity index (χ0n) is 9.51. The topological polar surface area (TPSA) is 12.0 Å². The Hall–Kier alpha value is -0.540. The molecule has 0 unspecified atom stereocenters. The van der Waals surface area contributed by atoms with Crippen LogP contribution in [0.25, 0.3) is 0 Å². The van der Waals surface area contributed by atoms with Crippen LogP contribution in [0.5, 0.6) is 0 Å². The molecular weight excluding hydrogens is 209 g/mol. The average molecular weight is 227 g/mol. The summed E-state index contributed by atoms with van der Waals surface area (Å²) in [6, 6.07) is 5.01. The van der Waals surface area contributed by atoms with E-state index in [2.05, 4.69) is 26.1 Å². The van der Waals surface area contributed by atoms with Gasteiger partial charge < -0.3 is 5.32 Å². The van der Waals surface area contributed by atoms with Gasteiger partial charge in [-0.15, -0.1) is 11.8 Å². The van der Waals surface area contributed by atoms with Gasteiger partial charge in [-0.05, 0) is 30.3 Å². The second-order valence-corrected chi connectivity index (χ2v) is 5.32. The largest absolute Gasteiger partial charge is 0.313 e. The van der Waals surface area contributed by atoms with E-state index in [-0.39, 0.29) is 5.82 Å². The van der Waals surface area contributed by atoms with Crippen LogP contribution in [0.2, 0.25) is 0 Å². The zero-order chi connectivity index (χ0) is 11.3. The predicted octanol–water partition coefficient (Wildman–Crippen LogP) is 3.44. The molecule has 1 aromatic rings. The van der Waals surface area contributed by atoms with Crippen molar-refractivity contribution in [3.8, 4) is 0 Å². The Bertz CT molecular complexity index is 312. The second-order valence-electron chi connectivity index (χ2n) is 3.70. The van der Waals surface area contributed by atoms with E-state index in [0.29, 0.717) is 5.25 Å². The van der Waals surface area contributed by atoms with E-state index in [1.807, 2.05) is 6.07 Å². The van der Waals surface area contributed by atoms with Crippen molar-refractivity contribution >= 4 is 11.8 Å². The van der Waals surface area contributed by atoms with E-state index in [1.165, 1.54) is 11.0 Å². The maximum absolute atomic E-state index is 13.1. The number of hydrogen-bond acceptors (Lipinski definition) is 2. The van der Waals surface area contributed by atoms with E-state index in [4.69, 9.17) is 0 Å². The van der Waals surface area contributed by atoms with Crippen molar-refractivity contribution in [2.75, 3.05) is 6.54 Å². The molecule has 0 bridgehead atoms. The van der Waals surface area contributed by atoms with Gasteiger partial charge in [-0.1, -0.05) is 20.8 Å². The third-order valence-electron chi connectivity index (χ3n) is 1.95. The molecule has 0 spiro atoms. The van der Waals surface area contributed by atoms with Crippen LogP contribution in [-0.2, 0) is 6.54 Å². The summed E-state index contributed by atoms with van der Waals surface area (Å²) in [6.07, 6.45) is 0. The molecule has 0 amide bonds. The SMILES string of the molecule is CCNCc1cc(F)ccc1SC(C)C. The van der Waals surface area contributed by atoms with E-state index >= 15 is 0 Å². The maximum Gasteiger partial charge on any atom is 0.123 e.